The summed E-state index contributed by atoms with van der Waals surface area (Å²) in [6.07, 6.45) is 0. The van der Waals surface area contributed by atoms with Crippen LogP contribution in [-0.4, -0.2) is 32.9 Å². The first-order valence-electron chi connectivity index (χ1n) is 5.71. The Kier molecular flexibility index (Phi) is 6.54. The van der Waals surface area contributed by atoms with Crippen molar-refractivity contribution in [1.82, 2.24) is 4.31 Å². The largest absolute Gasteiger partial charge is 0.330 e. The monoisotopic (exact) mass is 328 g/mol. The number of benzene rings is 1. The lowest BCUT2D eigenvalue weighted by molar-refractivity contribution is 0.291. The first kappa shape index (κ1) is 19.2. The summed E-state index contributed by atoms with van der Waals surface area (Å²) in [5.41, 5.74) is 5.08. The number of nitrogens with zero attached hydrogens (tertiary/aromatic N) is 1. The molecule has 1 aromatic carbocycles. The summed E-state index contributed by atoms with van der Waals surface area (Å²) in [6.45, 7) is 3.97. The number of hydrogen-bond acceptors (Lipinski definition) is 3. The van der Waals surface area contributed by atoms with Crippen molar-refractivity contribution in [3.05, 3.63) is 29.8 Å². The van der Waals surface area contributed by atoms with Gasteiger partial charge in [0.2, 0.25) is 10.0 Å². The van der Waals surface area contributed by atoms with Crippen LogP contribution in [0.2, 0.25) is 0 Å². The first-order valence-corrected chi connectivity index (χ1v) is 7.15. The summed E-state index contributed by atoms with van der Waals surface area (Å²) in [4.78, 5) is -0.664. The zero-order valence-corrected chi connectivity index (χ0v) is 13.2. The van der Waals surface area contributed by atoms with Crippen LogP contribution in [0.5, 0.6) is 0 Å². The molecular weight excluding hydrogens is 310 g/mol. The van der Waals surface area contributed by atoms with Crippen molar-refractivity contribution < 1.29 is 17.2 Å². The lowest BCUT2D eigenvalue weighted by atomic mass is 9.94. The van der Waals surface area contributed by atoms with Gasteiger partial charge < -0.3 is 5.73 Å². The number of rotatable bonds is 5. The third-order valence-electron chi connectivity index (χ3n) is 2.78. The zero-order chi connectivity index (χ0) is 14.8. The molecule has 116 valence electrons. The highest BCUT2D eigenvalue weighted by molar-refractivity contribution is 7.89. The fourth-order valence-electron chi connectivity index (χ4n) is 1.60. The smallest absolute Gasteiger partial charge is 0.245 e. The predicted molar refractivity (Wildman–Crippen MR) is 76.3 cm³/mol. The standard InChI is InChI=1S/C12H18F2N2O2S.ClH/c1-12(2,7-15)8-16(3)19(17,18)11-6-9(13)4-5-10(11)14;/h4-6H,7-8,15H2,1-3H3;1H. The predicted octanol–water partition coefficient (Wildman–Crippen LogP) is 1.99. The maximum Gasteiger partial charge on any atom is 0.245 e. The molecule has 1 rings (SSSR count). The van der Waals surface area contributed by atoms with E-state index < -0.39 is 32.0 Å². The molecule has 0 fully saturated rings. The van der Waals surface area contributed by atoms with Gasteiger partial charge in [-0.05, 0) is 30.2 Å². The maximum absolute atomic E-state index is 13.5. The topological polar surface area (TPSA) is 63.4 Å². The van der Waals surface area contributed by atoms with Gasteiger partial charge in [-0.25, -0.2) is 21.5 Å². The molecule has 0 aliphatic heterocycles. The average Bonchev–Trinajstić information content (AvgIpc) is 2.31. The number of halogens is 3. The molecule has 0 heterocycles. The molecule has 0 amide bonds. The van der Waals surface area contributed by atoms with Crippen molar-refractivity contribution in [2.24, 2.45) is 11.1 Å². The van der Waals surface area contributed by atoms with E-state index in [-0.39, 0.29) is 25.5 Å². The minimum Gasteiger partial charge on any atom is -0.330 e. The fourth-order valence-corrected chi connectivity index (χ4v) is 3.03. The van der Waals surface area contributed by atoms with Gasteiger partial charge in [-0.3, -0.25) is 0 Å². The van der Waals surface area contributed by atoms with Gasteiger partial charge in [0, 0.05) is 13.6 Å². The first-order chi connectivity index (χ1) is 8.60. The van der Waals surface area contributed by atoms with Gasteiger partial charge in [-0.2, -0.15) is 0 Å². The van der Waals surface area contributed by atoms with E-state index in [9.17, 15) is 17.2 Å². The maximum atomic E-state index is 13.5. The second-order valence-electron chi connectivity index (χ2n) is 5.20. The van der Waals surface area contributed by atoms with Gasteiger partial charge in [0.25, 0.3) is 0 Å². The van der Waals surface area contributed by atoms with Gasteiger partial charge in [0.1, 0.15) is 16.5 Å². The van der Waals surface area contributed by atoms with Gasteiger partial charge >= 0.3 is 0 Å². The van der Waals surface area contributed by atoms with Crippen LogP contribution in [0.25, 0.3) is 0 Å². The molecule has 0 saturated heterocycles. The molecule has 0 aliphatic rings. The van der Waals surface area contributed by atoms with E-state index in [2.05, 4.69) is 0 Å². The minimum atomic E-state index is -4.07. The highest BCUT2D eigenvalue weighted by atomic mass is 35.5. The lowest BCUT2D eigenvalue weighted by Crippen LogP contribution is -2.40. The van der Waals surface area contributed by atoms with E-state index in [1.165, 1.54) is 7.05 Å². The van der Waals surface area contributed by atoms with Crippen molar-refractivity contribution in [2.45, 2.75) is 18.7 Å². The molecule has 4 nitrogen and oxygen atoms in total. The van der Waals surface area contributed by atoms with Gasteiger partial charge in [0.05, 0.1) is 0 Å². The van der Waals surface area contributed by atoms with Crippen LogP contribution in [0.4, 0.5) is 8.78 Å². The fraction of sp³-hybridized carbons (Fsp3) is 0.500. The van der Waals surface area contributed by atoms with Crippen LogP contribution < -0.4 is 5.73 Å². The summed E-state index contributed by atoms with van der Waals surface area (Å²) in [7, 11) is -2.76. The van der Waals surface area contributed by atoms with Crippen LogP contribution >= 0.6 is 12.4 Å². The Morgan fingerprint density at radius 3 is 2.35 bits per heavy atom. The second-order valence-corrected chi connectivity index (χ2v) is 7.22. The SMILES string of the molecule is CN(CC(C)(C)CN)S(=O)(=O)c1cc(F)ccc1F.Cl. The van der Waals surface area contributed by atoms with Crippen molar-refractivity contribution in [3.8, 4) is 0 Å². The van der Waals surface area contributed by atoms with Gasteiger partial charge in [0.15, 0.2) is 0 Å². The van der Waals surface area contributed by atoms with E-state index in [0.717, 1.165) is 16.4 Å². The summed E-state index contributed by atoms with van der Waals surface area (Å²) < 4.78 is 52.0. The molecule has 0 unspecified atom stereocenters. The molecule has 0 aromatic heterocycles. The van der Waals surface area contributed by atoms with E-state index in [1.54, 1.807) is 13.8 Å². The van der Waals surface area contributed by atoms with Crippen molar-refractivity contribution in [1.29, 1.82) is 0 Å². The minimum absolute atomic E-state index is 0. The summed E-state index contributed by atoms with van der Waals surface area (Å²) in [6, 6.07) is 2.35. The Labute approximate surface area is 124 Å². The molecule has 0 spiro atoms. The van der Waals surface area contributed by atoms with E-state index in [4.69, 9.17) is 5.73 Å². The van der Waals surface area contributed by atoms with Crippen molar-refractivity contribution in [2.75, 3.05) is 20.1 Å². The van der Waals surface area contributed by atoms with E-state index in [1.807, 2.05) is 0 Å². The van der Waals surface area contributed by atoms with Crippen LogP contribution in [0.15, 0.2) is 23.1 Å². The second kappa shape index (κ2) is 6.80. The zero-order valence-electron chi connectivity index (χ0n) is 11.6. The summed E-state index contributed by atoms with van der Waals surface area (Å²) in [5, 5.41) is 0. The van der Waals surface area contributed by atoms with E-state index in [0.29, 0.717) is 6.07 Å². The number of hydrogen-bond donors (Lipinski definition) is 1. The molecule has 0 bridgehead atoms. The third-order valence-corrected chi connectivity index (χ3v) is 4.60. The van der Waals surface area contributed by atoms with Crippen LogP contribution in [0, 0.1) is 17.0 Å². The highest BCUT2D eigenvalue weighted by Gasteiger charge is 2.29. The van der Waals surface area contributed by atoms with Gasteiger partial charge in [-0.1, -0.05) is 13.8 Å². The molecule has 0 aliphatic carbocycles. The number of nitrogens with two attached hydrogens (primary N) is 1. The molecule has 8 heteroatoms. The molecule has 1 aromatic rings. The Balaban J connectivity index is 0.00000361. The Bertz CT molecular complexity index is 565. The molecule has 20 heavy (non-hydrogen) atoms. The van der Waals surface area contributed by atoms with Crippen LogP contribution in [-0.2, 0) is 10.0 Å². The molecule has 2 N–H and O–H groups in total. The highest BCUT2D eigenvalue weighted by Crippen LogP contribution is 2.23. The molecule has 0 atom stereocenters. The van der Waals surface area contributed by atoms with E-state index >= 15 is 0 Å². The molecule has 0 saturated carbocycles. The Morgan fingerprint density at radius 2 is 1.85 bits per heavy atom. The Hall–Kier alpha value is -0.760. The van der Waals surface area contributed by atoms with Crippen molar-refractivity contribution in [3.63, 3.8) is 0 Å². The average molecular weight is 329 g/mol. The quantitative estimate of drug-likeness (QED) is 0.899. The third kappa shape index (κ3) is 4.37. The van der Waals surface area contributed by atoms with Gasteiger partial charge in [-0.15, -0.1) is 12.4 Å². The normalized spacial score (nSPS) is 12.3. The lowest BCUT2D eigenvalue weighted by Gasteiger charge is -2.28. The van der Waals surface area contributed by atoms with Crippen LogP contribution in [0.1, 0.15) is 13.8 Å². The van der Waals surface area contributed by atoms with Crippen LogP contribution in [0.3, 0.4) is 0 Å². The molecular formula is C12H19ClF2N2O2S. The van der Waals surface area contributed by atoms with Crippen molar-refractivity contribution >= 4 is 22.4 Å². The Morgan fingerprint density at radius 1 is 1.30 bits per heavy atom. The number of sulfonamides is 1. The molecule has 0 radical (unpaired) electrons. The summed E-state index contributed by atoms with van der Waals surface area (Å²) in [5.74, 6) is -1.77. The summed E-state index contributed by atoms with van der Waals surface area (Å²) >= 11 is 0.